The zero-order valence-corrected chi connectivity index (χ0v) is 12.9. The molecule has 116 valence electrons. The van der Waals surface area contributed by atoms with E-state index < -0.39 is 0 Å². The first-order valence-electron chi connectivity index (χ1n) is 7.74. The van der Waals surface area contributed by atoms with Crippen LogP contribution in [0.4, 0.5) is 0 Å². The number of nitrogens with one attached hydrogen (secondary N) is 1. The largest absolute Gasteiger partial charge is 0.364 e. The van der Waals surface area contributed by atoms with Crippen molar-refractivity contribution in [1.82, 2.24) is 15.4 Å². The molecular formula is C17H22N4O. The van der Waals surface area contributed by atoms with Gasteiger partial charge in [-0.2, -0.15) is 0 Å². The Balaban J connectivity index is 1.52. The molecule has 2 heterocycles. The minimum atomic E-state index is 0.642. The van der Waals surface area contributed by atoms with Crippen molar-refractivity contribution in [3.05, 3.63) is 53.9 Å². The number of nitrogens with zero attached hydrogens (tertiary/aromatic N) is 3. The monoisotopic (exact) mass is 298 g/mol. The summed E-state index contributed by atoms with van der Waals surface area (Å²) < 4.78 is 4.85. The smallest absolute Gasteiger partial charge is 0.193 e. The van der Waals surface area contributed by atoms with Gasteiger partial charge in [0.25, 0.3) is 0 Å². The summed E-state index contributed by atoms with van der Waals surface area (Å²) in [6.45, 7) is 2.74. The molecule has 0 saturated carbocycles. The number of aliphatic imine (C=N–C) groups is 1. The van der Waals surface area contributed by atoms with Crippen molar-refractivity contribution in [2.45, 2.75) is 19.4 Å². The third-order valence-corrected chi connectivity index (χ3v) is 4.08. The van der Waals surface area contributed by atoms with Gasteiger partial charge < -0.3 is 14.7 Å². The van der Waals surface area contributed by atoms with Gasteiger partial charge in [0.1, 0.15) is 12.0 Å². The maximum Gasteiger partial charge on any atom is 0.193 e. The lowest BCUT2D eigenvalue weighted by molar-refractivity contribution is 0.409. The number of guanidine groups is 1. The predicted molar refractivity (Wildman–Crippen MR) is 86.5 cm³/mol. The number of rotatable bonds is 4. The lowest BCUT2D eigenvalue weighted by atomic mass is 9.99. The van der Waals surface area contributed by atoms with Crippen LogP contribution in [-0.4, -0.2) is 36.2 Å². The van der Waals surface area contributed by atoms with E-state index in [1.807, 2.05) is 13.1 Å². The summed E-state index contributed by atoms with van der Waals surface area (Å²) in [6, 6.07) is 12.6. The molecule has 0 amide bonds. The fraction of sp³-hybridized carbons (Fsp3) is 0.412. The standard InChI is InChI=1S/C17H22N4O/c1-18-17(19-12-16-8-10-22-20-16)21-9-7-15(13-21)11-14-5-3-2-4-6-14/h2-6,8,10,15H,7,9,11-13H2,1H3,(H,18,19). The van der Waals surface area contributed by atoms with Crippen molar-refractivity contribution in [2.75, 3.05) is 20.1 Å². The van der Waals surface area contributed by atoms with E-state index in [0.717, 1.165) is 31.2 Å². The summed E-state index contributed by atoms with van der Waals surface area (Å²) in [6.07, 6.45) is 3.93. The van der Waals surface area contributed by atoms with Gasteiger partial charge in [0.05, 0.1) is 6.54 Å². The zero-order valence-electron chi connectivity index (χ0n) is 12.9. The Morgan fingerprint density at radius 2 is 2.23 bits per heavy atom. The Morgan fingerprint density at radius 3 is 2.95 bits per heavy atom. The van der Waals surface area contributed by atoms with Crippen molar-refractivity contribution in [1.29, 1.82) is 0 Å². The Bertz CT molecular complexity index is 594. The quantitative estimate of drug-likeness (QED) is 0.695. The van der Waals surface area contributed by atoms with Gasteiger partial charge in [-0.1, -0.05) is 35.5 Å². The van der Waals surface area contributed by atoms with Crippen LogP contribution in [0.3, 0.4) is 0 Å². The molecule has 1 aliphatic heterocycles. The maximum atomic E-state index is 4.85. The maximum absolute atomic E-state index is 4.85. The third-order valence-electron chi connectivity index (χ3n) is 4.08. The van der Waals surface area contributed by atoms with Crippen molar-refractivity contribution >= 4 is 5.96 Å². The second-order valence-electron chi connectivity index (χ2n) is 5.68. The highest BCUT2D eigenvalue weighted by molar-refractivity contribution is 5.80. The molecule has 2 aromatic rings. The van der Waals surface area contributed by atoms with Crippen LogP contribution in [0.5, 0.6) is 0 Å². The van der Waals surface area contributed by atoms with Crippen LogP contribution in [0.15, 0.2) is 52.2 Å². The van der Waals surface area contributed by atoms with Gasteiger partial charge in [-0.05, 0) is 24.3 Å². The summed E-state index contributed by atoms with van der Waals surface area (Å²) in [7, 11) is 1.83. The van der Waals surface area contributed by atoms with Crippen molar-refractivity contribution < 1.29 is 4.52 Å². The molecule has 1 aliphatic rings. The van der Waals surface area contributed by atoms with Crippen LogP contribution < -0.4 is 5.32 Å². The number of benzene rings is 1. The lowest BCUT2D eigenvalue weighted by Crippen LogP contribution is -2.39. The molecule has 1 N–H and O–H groups in total. The van der Waals surface area contributed by atoms with Crippen LogP contribution in [0, 0.1) is 5.92 Å². The summed E-state index contributed by atoms with van der Waals surface area (Å²) >= 11 is 0. The Morgan fingerprint density at radius 1 is 1.36 bits per heavy atom. The van der Waals surface area contributed by atoms with Gasteiger partial charge >= 0.3 is 0 Å². The van der Waals surface area contributed by atoms with Crippen LogP contribution in [0.2, 0.25) is 0 Å². The summed E-state index contributed by atoms with van der Waals surface area (Å²) in [5.41, 5.74) is 2.31. The van der Waals surface area contributed by atoms with Gasteiger partial charge in [-0.3, -0.25) is 4.99 Å². The van der Waals surface area contributed by atoms with E-state index >= 15 is 0 Å². The highest BCUT2D eigenvalue weighted by Gasteiger charge is 2.24. The molecule has 0 aliphatic carbocycles. The van der Waals surface area contributed by atoms with Gasteiger partial charge in [0, 0.05) is 26.2 Å². The van der Waals surface area contributed by atoms with E-state index in [4.69, 9.17) is 4.52 Å². The van der Waals surface area contributed by atoms with Crippen LogP contribution in [0.1, 0.15) is 17.7 Å². The Labute approximate surface area is 131 Å². The fourth-order valence-corrected chi connectivity index (χ4v) is 2.97. The third kappa shape index (κ3) is 3.67. The molecule has 1 unspecified atom stereocenters. The Hall–Kier alpha value is -2.30. The van der Waals surface area contributed by atoms with Crippen LogP contribution in [-0.2, 0) is 13.0 Å². The molecule has 1 atom stereocenters. The normalized spacial score (nSPS) is 18.7. The van der Waals surface area contributed by atoms with Crippen molar-refractivity contribution in [2.24, 2.45) is 10.9 Å². The molecule has 0 radical (unpaired) electrons. The van der Waals surface area contributed by atoms with Gasteiger partial charge in [-0.25, -0.2) is 0 Å². The number of hydrogen-bond acceptors (Lipinski definition) is 3. The van der Waals surface area contributed by atoms with E-state index in [2.05, 4.69) is 50.7 Å². The lowest BCUT2D eigenvalue weighted by Gasteiger charge is -2.21. The fourth-order valence-electron chi connectivity index (χ4n) is 2.97. The summed E-state index contributed by atoms with van der Waals surface area (Å²) in [5.74, 6) is 1.63. The van der Waals surface area contributed by atoms with E-state index in [0.29, 0.717) is 12.5 Å². The predicted octanol–water partition coefficient (Wildman–Crippen LogP) is 2.31. The molecule has 1 saturated heterocycles. The molecule has 22 heavy (non-hydrogen) atoms. The summed E-state index contributed by atoms with van der Waals surface area (Å²) in [4.78, 5) is 6.71. The first kappa shape index (κ1) is 14.6. The Kier molecular flexibility index (Phi) is 4.73. The van der Waals surface area contributed by atoms with E-state index in [9.17, 15) is 0 Å². The van der Waals surface area contributed by atoms with Crippen molar-refractivity contribution in [3.63, 3.8) is 0 Å². The zero-order chi connectivity index (χ0) is 15.2. The van der Waals surface area contributed by atoms with Crippen molar-refractivity contribution in [3.8, 4) is 0 Å². The van der Waals surface area contributed by atoms with Gasteiger partial charge in [-0.15, -0.1) is 0 Å². The molecular weight excluding hydrogens is 276 g/mol. The second-order valence-corrected chi connectivity index (χ2v) is 5.68. The topological polar surface area (TPSA) is 53.7 Å². The molecule has 0 spiro atoms. The van der Waals surface area contributed by atoms with E-state index in [1.165, 1.54) is 12.0 Å². The second kappa shape index (κ2) is 7.11. The first-order valence-corrected chi connectivity index (χ1v) is 7.74. The minimum absolute atomic E-state index is 0.642. The number of likely N-dealkylation sites (tertiary alicyclic amines) is 1. The highest BCUT2D eigenvalue weighted by atomic mass is 16.5. The van der Waals surface area contributed by atoms with E-state index in [-0.39, 0.29) is 0 Å². The van der Waals surface area contributed by atoms with Crippen LogP contribution in [0.25, 0.3) is 0 Å². The minimum Gasteiger partial charge on any atom is -0.364 e. The highest BCUT2D eigenvalue weighted by Crippen LogP contribution is 2.20. The summed E-state index contributed by atoms with van der Waals surface area (Å²) in [5, 5.41) is 7.26. The molecule has 1 fully saturated rings. The average Bonchev–Trinajstić information content (AvgIpc) is 3.21. The molecule has 5 nitrogen and oxygen atoms in total. The van der Waals surface area contributed by atoms with Gasteiger partial charge in [0.15, 0.2) is 5.96 Å². The SMILES string of the molecule is CN=C(NCc1ccon1)N1CCC(Cc2ccccc2)C1. The molecule has 0 bridgehead atoms. The van der Waals surface area contributed by atoms with E-state index in [1.54, 1.807) is 6.26 Å². The number of hydrogen-bond donors (Lipinski definition) is 1. The van der Waals surface area contributed by atoms with Gasteiger partial charge in [0.2, 0.25) is 0 Å². The van der Waals surface area contributed by atoms with Crippen LogP contribution >= 0.6 is 0 Å². The average molecular weight is 298 g/mol. The first-order chi connectivity index (χ1) is 10.8. The molecule has 5 heteroatoms. The molecule has 1 aromatic carbocycles. The molecule has 1 aromatic heterocycles. The molecule has 3 rings (SSSR count). The number of aromatic nitrogens is 1.